The quantitative estimate of drug-likeness (QED) is 0.537. The topological polar surface area (TPSA) is 59.3 Å². The van der Waals surface area contributed by atoms with Crippen molar-refractivity contribution in [3.63, 3.8) is 0 Å². The summed E-state index contributed by atoms with van der Waals surface area (Å²) in [4.78, 5) is 1.99. The van der Waals surface area contributed by atoms with Gasteiger partial charge in [-0.1, -0.05) is 0 Å². The number of hydrogen-bond donors (Lipinski definition) is 2. The minimum absolute atomic E-state index is 0.0976. The van der Waals surface area contributed by atoms with Crippen molar-refractivity contribution in [1.82, 2.24) is 10.2 Å². The second kappa shape index (κ2) is 4.41. The molecule has 1 rings (SSSR count). The Bertz CT molecular complexity index is 178. The maximum absolute atomic E-state index is 9.39. The number of rotatable bonds is 1. The zero-order chi connectivity index (χ0) is 8.97. The molecular weight excluding hydrogens is 154 g/mol. The van der Waals surface area contributed by atoms with Crippen LogP contribution in [0.15, 0.2) is 0 Å². The van der Waals surface area contributed by atoms with E-state index in [-0.39, 0.29) is 12.1 Å². The summed E-state index contributed by atoms with van der Waals surface area (Å²) in [7, 11) is 0. The van der Waals surface area contributed by atoms with Crippen LogP contribution < -0.4 is 5.32 Å². The highest BCUT2D eigenvalue weighted by atomic mass is 16.3. The summed E-state index contributed by atoms with van der Waals surface area (Å²) in [5, 5.41) is 21.2. The van der Waals surface area contributed by atoms with E-state index in [4.69, 9.17) is 5.26 Å². The average molecular weight is 169 g/mol. The lowest BCUT2D eigenvalue weighted by Gasteiger charge is -2.23. The summed E-state index contributed by atoms with van der Waals surface area (Å²) in [5.74, 6) is 0. The number of nitrogens with zero attached hydrogens (tertiary/aromatic N) is 2. The van der Waals surface area contributed by atoms with Crippen molar-refractivity contribution in [2.45, 2.75) is 19.1 Å². The summed E-state index contributed by atoms with van der Waals surface area (Å²) in [5.41, 5.74) is 0. The summed E-state index contributed by atoms with van der Waals surface area (Å²) in [6.45, 7) is 4.78. The Hall–Kier alpha value is -0.630. The van der Waals surface area contributed by atoms with Gasteiger partial charge in [-0.3, -0.25) is 4.90 Å². The fourth-order valence-electron chi connectivity index (χ4n) is 1.35. The lowest BCUT2D eigenvalue weighted by Crippen LogP contribution is -2.38. The lowest BCUT2D eigenvalue weighted by molar-refractivity contribution is 0.122. The molecule has 0 aliphatic carbocycles. The third-order valence-electron chi connectivity index (χ3n) is 2.14. The van der Waals surface area contributed by atoms with Crippen molar-refractivity contribution in [2.75, 3.05) is 26.2 Å². The van der Waals surface area contributed by atoms with Crippen LogP contribution in [0.3, 0.4) is 0 Å². The molecule has 12 heavy (non-hydrogen) atoms. The molecule has 2 unspecified atom stereocenters. The average Bonchev–Trinajstić information content (AvgIpc) is 2.28. The Morgan fingerprint density at radius 1 is 1.75 bits per heavy atom. The van der Waals surface area contributed by atoms with Crippen molar-refractivity contribution in [2.24, 2.45) is 0 Å². The van der Waals surface area contributed by atoms with Gasteiger partial charge in [0.25, 0.3) is 0 Å². The predicted octanol–water partition coefficient (Wildman–Crippen LogP) is -0.835. The summed E-state index contributed by atoms with van der Waals surface area (Å²) >= 11 is 0. The fourth-order valence-corrected chi connectivity index (χ4v) is 1.35. The van der Waals surface area contributed by atoms with Crippen LogP contribution in [0.5, 0.6) is 0 Å². The molecule has 1 aliphatic heterocycles. The van der Waals surface area contributed by atoms with Crippen LogP contribution in [0.4, 0.5) is 0 Å². The second-order valence-corrected chi connectivity index (χ2v) is 3.16. The number of β-amino-alcohol motifs (C(OH)–C–C–N with tert-alkyl or cyclic N) is 1. The van der Waals surface area contributed by atoms with Crippen LogP contribution in [0, 0.1) is 11.3 Å². The van der Waals surface area contributed by atoms with Crippen LogP contribution in [-0.2, 0) is 0 Å². The molecule has 0 saturated carbocycles. The predicted molar refractivity (Wildman–Crippen MR) is 45.5 cm³/mol. The zero-order valence-corrected chi connectivity index (χ0v) is 7.32. The number of aliphatic hydroxyl groups is 1. The highest BCUT2D eigenvalue weighted by Gasteiger charge is 2.19. The van der Waals surface area contributed by atoms with Gasteiger partial charge in [-0.05, 0) is 6.92 Å². The van der Waals surface area contributed by atoms with E-state index in [1.165, 1.54) is 0 Å². The van der Waals surface area contributed by atoms with Crippen molar-refractivity contribution in [1.29, 1.82) is 5.26 Å². The molecule has 2 atom stereocenters. The van der Waals surface area contributed by atoms with Gasteiger partial charge in [0.1, 0.15) is 0 Å². The van der Waals surface area contributed by atoms with E-state index in [1.54, 1.807) is 0 Å². The van der Waals surface area contributed by atoms with Gasteiger partial charge in [-0.25, -0.2) is 0 Å². The van der Waals surface area contributed by atoms with E-state index in [0.717, 1.165) is 13.1 Å². The minimum Gasteiger partial charge on any atom is -0.390 e. The Kier molecular flexibility index (Phi) is 3.48. The number of hydrogen-bond acceptors (Lipinski definition) is 4. The summed E-state index contributed by atoms with van der Waals surface area (Å²) in [6.07, 6.45) is -0.344. The standard InChI is InChI=1S/C8H15N3O/c1-7(4-9)11-3-2-10-5-8(12)6-11/h7-8,10,12H,2-3,5-6H2,1H3. The molecular formula is C8H15N3O. The smallest absolute Gasteiger partial charge is 0.0950 e. The fraction of sp³-hybridized carbons (Fsp3) is 0.875. The zero-order valence-electron chi connectivity index (χ0n) is 7.32. The lowest BCUT2D eigenvalue weighted by atomic mass is 10.2. The monoisotopic (exact) mass is 169 g/mol. The van der Waals surface area contributed by atoms with Crippen LogP contribution in [-0.4, -0.2) is 48.3 Å². The first kappa shape index (κ1) is 9.46. The van der Waals surface area contributed by atoms with Gasteiger partial charge < -0.3 is 10.4 Å². The molecule has 68 valence electrons. The van der Waals surface area contributed by atoms with E-state index in [9.17, 15) is 5.11 Å². The van der Waals surface area contributed by atoms with E-state index in [1.807, 2.05) is 11.8 Å². The molecule has 1 aliphatic rings. The van der Waals surface area contributed by atoms with E-state index in [2.05, 4.69) is 11.4 Å². The van der Waals surface area contributed by atoms with Gasteiger partial charge in [0.2, 0.25) is 0 Å². The molecule has 1 heterocycles. The Balaban J connectivity index is 2.47. The van der Waals surface area contributed by atoms with E-state index < -0.39 is 0 Å². The largest absolute Gasteiger partial charge is 0.390 e. The summed E-state index contributed by atoms with van der Waals surface area (Å²) < 4.78 is 0. The van der Waals surface area contributed by atoms with Gasteiger partial charge >= 0.3 is 0 Å². The molecule has 1 saturated heterocycles. The second-order valence-electron chi connectivity index (χ2n) is 3.16. The van der Waals surface area contributed by atoms with E-state index >= 15 is 0 Å². The Morgan fingerprint density at radius 3 is 3.17 bits per heavy atom. The third-order valence-corrected chi connectivity index (χ3v) is 2.14. The van der Waals surface area contributed by atoms with Gasteiger partial charge in [-0.2, -0.15) is 5.26 Å². The molecule has 0 spiro atoms. The molecule has 0 radical (unpaired) electrons. The van der Waals surface area contributed by atoms with Crippen LogP contribution in [0.1, 0.15) is 6.92 Å². The van der Waals surface area contributed by atoms with E-state index in [0.29, 0.717) is 13.1 Å². The maximum Gasteiger partial charge on any atom is 0.0950 e. The van der Waals surface area contributed by atoms with Crippen molar-refractivity contribution in [3.8, 4) is 6.07 Å². The number of nitrogens with one attached hydrogen (secondary N) is 1. The molecule has 1 fully saturated rings. The number of aliphatic hydroxyl groups excluding tert-OH is 1. The molecule has 0 bridgehead atoms. The summed E-state index contributed by atoms with van der Waals surface area (Å²) in [6, 6.07) is 2.07. The molecule has 0 aromatic carbocycles. The molecule has 4 heteroatoms. The van der Waals surface area contributed by atoms with Gasteiger partial charge in [-0.15, -0.1) is 0 Å². The highest BCUT2D eigenvalue weighted by molar-refractivity contribution is 4.90. The molecule has 0 aromatic rings. The van der Waals surface area contributed by atoms with Crippen LogP contribution in [0.25, 0.3) is 0 Å². The first-order valence-corrected chi connectivity index (χ1v) is 4.26. The minimum atomic E-state index is -0.344. The molecule has 4 nitrogen and oxygen atoms in total. The molecule has 0 aromatic heterocycles. The van der Waals surface area contributed by atoms with Crippen molar-refractivity contribution >= 4 is 0 Å². The highest BCUT2D eigenvalue weighted by Crippen LogP contribution is 2.01. The maximum atomic E-state index is 9.39. The van der Waals surface area contributed by atoms with Crippen LogP contribution in [0.2, 0.25) is 0 Å². The Labute approximate surface area is 72.8 Å². The van der Waals surface area contributed by atoms with Gasteiger partial charge in [0.05, 0.1) is 18.2 Å². The first-order chi connectivity index (χ1) is 5.74. The third kappa shape index (κ3) is 2.45. The Morgan fingerprint density at radius 2 is 2.50 bits per heavy atom. The van der Waals surface area contributed by atoms with Gasteiger partial charge in [0, 0.05) is 26.2 Å². The SMILES string of the molecule is CC(C#N)N1CCNCC(O)C1. The number of nitriles is 1. The molecule has 2 N–H and O–H groups in total. The normalized spacial score (nSPS) is 28.9. The van der Waals surface area contributed by atoms with Gasteiger partial charge in [0.15, 0.2) is 0 Å². The van der Waals surface area contributed by atoms with Crippen LogP contribution >= 0.6 is 0 Å². The molecule has 0 amide bonds. The van der Waals surface area contributed by atoms with Crippen molar-refractivity contribution in [3.05, 3.63) is 0 Å². The van der Waals surface area contributed by atoms with Crippen molar-refractivity contribution < 1.29 is 5.11 Å². The first-order valence-electron chi connectivity index (χ1n) is 4.26.